The third-order valence-corrected chi connectivity index (χ3v) is 6.79. The average molecular weight is 516 g/mol. The first kappa shape index (κ1) is 25.2. The van der Waals surface area contributed by atoms with Gasteiger partial charge in [-0.15, -0.1) is 23.7 Å². The van der Waals surface area contributed by atoms with E-state index in [-0.39, 0.29) is 28.6 Å². The van der Waals surface area contributed by atoms with Gasteiger partial charge in [0, 0.05) is 10.9 Å². The fourth-order valence-corrected chi connectivity index (χ4v) is 4.89. The molecule has 0 aliphatic heterocycles. The number of para-hydroxylation sites is 1. The van der Waals surface area contributed by atoms with Crippen molar-refractivity contribution < 1.29 is 17.9 Å². The molecular weight excluding hydrogens is 494 g/mol. The zero-order chi connectivity index (χ0) is 23.3. The number of nitrogens with one attached hydrogen (secondary N) is 2. The van der Waals surface area contributed by atoms with Crippen LogP contribution in [0.5, 0.6) is 5.75 Å². The number of rotatable bonds is 8. The molecule has 0 saturated heterocycles. The topological polar surface area (TPSA) is 97.4 Å². The van der Waals surface area contributed by atoms with E-state index in [4.69, 9.17) is 4.74 Å². The lowest BCUT2D eigenvalue weighted by molar-refractivity contribution is 0.102. The summed E-state index contributed by atoms with van der Waals surface area (Å²) < 4.78 is 33.6. The second kappa shape index (κ2) is 11.1. The molecule has 0 spiro atoms. The first-order chi connectivity index (χ1) is 16.0. The molecule has 7 nitrogen and oxygen atoms in total. The Balaban J connectivity index is 0.00000324. The van der Waals surface area contributed by atoms with Crippen LogP contribution < -0.4 is 14.8 Å². The minimum atomic E-state index is -3.90. The molecule has 1 aromatic heterocycles. The number of amides is 1. The fourth-order valence-electron chi connectivity index (χ4n) is 3.09. The van der Waals surface area contributed by atoms with Gasteiger partial charge in [0.25, 0.3) is 15.9 Å². The summed E-state index contributed by atoms with van der Waals surface area (Å²) >= 11 is 1.29. The maximum Gasteiger partial charge on any atom is 0.261 e. The van der Waals surface area contributed by atoms with Crippen molar-refractivity contribution in [2.45, 2.75) is 11.8 Å². The molecule has 10 heteroatoms. The number of anilines is 2. The van der Waals surface area contributed by atoms with Crippen molar-refractivity contribution in [3.8, 4) is 17.0 Å². The Morgan fingerprint density at radius 1 is 0.971 bits per heavy atom. The fraction of sp³-hybridized carbons (Fsp3) is 0.0833. The standard InChI is InChI=1S/C24H21N3O4S2.ClH/c1-2-31-18-12-14-19(15-13-18)33(29,30)27-21-11-7-6-10-20(21)23(28)26-24-25-22(16-32-24)17-8-4-3-5-9-17;/h3-16,27H,2H2,1H3,(H,25,26,28);1H. The number of ether oxygens (including phenoxy) is 1. The number of carbonyl (C=O) groups excluding carboxylic acids is 1. The Hall–Kier alpha value is -3.40. The van der Waals surface area contributed by atoms with Crippen LogP contribution in [0.15, 0.2) is 89.1 Å². The second-order valence-corrected chi connectivity index (χ2v) is 9.45. The van der Waals surface area contributed by atoms with Crippen LogP contribution in [0.3, 0.4) is 0 Å². The highest BCUT2D eigenvalue weighted by Crippen LogP contribution is 2.27. The third kappa shape index (κ3) is 5.93. The lowest BCUT2D eigenvalue weighted by Crippen LogP contribution is -2.18. The Morgan fingerprint density at radius 2 is 1.65 bits per heavy atom. The molecule has 3 aromatic carbocycles. The predicted octanol–water partition coefficient (Wildman–Crippen LogP) is 5.68. The Bertz CT molecular complexity index is 1360. The van der Waals surface area contributed by atoms with Crippen molar-refractivity contribution in [2.24, 2.45) is 0 Å². The van der Waals surface area contributed by atoms with E-state index in [9.17, 15) is 13.2 Å². The van der Waals surface area contributed by atoms with Gasteiger partial charge in [-0.25, -0.2) is 13.4 Å². The van der Waals surface area contributed by atoms with Gasteiger partial charge in [-0.2, -0.15) is 0 Å². The Labute approximate surface area is 208 Å². The Morgan fingerprint density at radius 3 is 2.35 bits per heavy atom. The highest BCUT2D eigenvalue weighted by molar-refractivity contribution is 7.92. The normalized spacial score (nSPS) is 10.7. The van der Waals surface area contributed by atoms with Gasteiger partial charge >= 0.3 is 0 Å². The van der Waals surface area contributed by atoms with Crippen LogP contribution in [0.1, 0.15) is 17.3 Å². The van der Waals surface area contributed by atoms with Crippen LogP contribution in [0.2, 0.25) is 0 Å². The van der Waals surface area contributed by atoms with E-state index in [1.807, 2.05) is 42.6 Å². The van der Waals surface area contributed by atoms with E-state index in [0.717, 1.165) is 11.3 Å². The van der Waals surface area contributed by atoms with Crippen molar-refractivity contribution in [3.05, 3.63) is 89.8 Å². The van der Waals surface area contributed by atoms with Crippen LogP contribution in [-0.4, -0.2) is 25.9 Å². The van der Waals surface area contributed by atoms with Crippen molar-refractivity contribution >= 4 is 50.5 Å². The van der Waals surface area contributed by atoms with Gasteiger partial charge in [0.05, 0.1) is 28.4 Å². The number of thiazole rings is 1. The summed E-state index contributed by atoms with van der Waals surface area (Å²) in [6.45, 7) is 2.33. The van der Waals surface area contributed by atoms with E-state index in [1.54, 1.807) is 30.3 Å². The maximum atomic E-state index is 12.9. The van der Waals surface area contributed by atoms with Gasteiger partial charge < -0.3 is 4.74 Å². The van der Waals surface area contributed by atoms with Crippen LogP contribution >= 0.6 is 23.7 Å². The molecule has 4 aromatic rings. The van der Waals surface area contributed by atoms with E-state index in [2.05, 4.69) is 15.0 Å². The van der Waals surface area contributed by atoms with Gasteiger partial charge in [-0.1, -0.05) is 42.5 Å². The summed E-state index contributed by atoms with van der Waals surface area (Å²) in [4.78, 5) is 17.4. The van der Waals surface area contributed by atoms with Gasteiger partial charge in [0.2, 0.25) is 0 Å². The number of halogens is 1. The van der Waals surface area contributed by atoms with Crippen LogP contribution in [-0.2, 0) is 10.0 Å². The average Bonchev–Trinajstić information content (AvgIpc) is 3.29. The molecule has 0 aliphatic carbocycles. The van der Waals surface area contributed by atoms with Crippen molar-refractivity contribution in [1.29, 1.82) is 0 Å². The maximum absolute atomic E-state index is 12.9. The van der Waals surface area contributed by atoms with Gasteiger partial charge in [-0.3, -0.25) is 14.8 Å². The zero-order valence-corrected chi connectivity index (χ0v) is 20.5. The van der Waals surface area contributed by atoms with Crippen molar-refractivity contribution in [3.63, 3.8) is 0 Å². The molecule has 0 radical (unpaired) electrons. The Kier molecular flexibility index (Phi) is 8.27. The van der Waals surface area contributed by atoms with Gasteiger partial charge in [0.15, 0.2) is 5.13 Å². The monoisotopic (exact) mass is 515 g/mol. The summed E-state index contributed by atoms with van der Waals surface area (Å²) in [6, 6.07) is 22.1. The SMILES string of the molecule is CCOc1ccc(S(=O)(=O)Nc2ccccc2C(=O)Nc2nc(-c3ccccc3)cs2)cc1.Cl. The summed E-state index contributed by atoms with van der Waals surface area (Å²) in [7, 11) is -3.90. The smallest absolute Gasteiger partial charge is 0.261 e. The van der Waals surface area contributed by atoms with Crippen molar-refractivity contribution in [1.82, 2.24) is 4.98 Å². The van der Waals surface area contributed by atoms with Crippen LogP contribution in [0, 0.1) is 0 Å². The van der Waals surface area contributed by atoms with Gasteiger partial charge in [0.1, 0.15) is 5.75 Å². The largest absolute Gasteiger partial charge is 0.494 e. The number of nitrogens with zero attached hydrogens (tertiary/aromatic N) is 1. The molecule has 34 heavy (non-hydrogen) atoms. The number of benzene rings is 3. The minimum Gasteiger partial charge on any atom is -0.494 e. The molecule has 0 unspecified atom stereocenters. The molecule has 0 aliphatic rings. The number of carbonyl (C=O) groups is 1. The summed E-state index contributed by atoms with van der Waals surface area (Å²) in [6.07, 6.45) is 0. The highest BCUT2D eigenvalue weighted by Gasteiger charge is 2.19. The van der Waals surface area contributed by atoms with E-state index < -0.39 is 15.9 Å². The number of hydrogen-bond acceptors (Lipinski definition) is 6. The molecule has 4 rings (SSSR count). The molecule has 176 valence electrons. The summed E-state index contributed by atoms with van der Waals surface area (Å²) in [5, 5.41) is 5.03. The molecule has 0 atom stereocenters. The van der Waals surface area contributed by atoms with Crippen LogP contribution in [0.4, 0.5) is 10.8 Å². The molecule has 1 amide bonds. The molecule has 0 bridgehead atoms. The molecule has 2 N–H and O–H groups in total. The predicted molar refractivity (Wildman–Crippen MR) is 138 cm³/mol. The number of hydrogen-bond donors (Lipinski definition) is 2. The van der Waals surface area contributed by atoms with Crippen molar-refractivity contribution in [2.75, 3.05) is 16.6 Å². The van der Waals surface area contributed by atoms with E-state index in [0.29, 0.717) is 17.5 Å². The minimum absolute atomic E-state index is 0. The lowest BCUT2D eigenvalue weighted by Gasteiger charge is -2.12. The quantitative estimate of drug-likeness (QED) is 0.314. The molecule has 1 heterocycles. The number of aromatic nitrogens is 1. The first-order valence-corrected chi connectivity index (χ1v) is 12.5. The first-order valence-electron chi connectivity index (χ1n) is 10.1. The highest BCUT2D eigenvalue weighted by atomic mass is 35.5. The van der Waals surface area contributed by atoms with Gasteiger partial charge in [-0.05, 0) is 43.3 Å². The van der Waals surface area contributed by atoms with E-state index in [1.165, 1.54) is 29.5 Å². The van der Waals surface area contributed by atoms with E-state index >= 15 is 0 Å². The second-order valence-electron chi connectivity index (χ2n) is 6.91. The molecule has 0 saturated carbocycles. The summed E-state index contributed by atoms with van der Waals surface area (Å²) in [5.74, 6) is 0.114. The zero-order valence-electron chi connectivity index (χ0n) is 18.1. The number of sulfonamides is 1. The summed E-state index contributed by atoms with van der Waals surface area (Å²) in [5.41, 5.74) is 2.05. The third-order valence-electron chi connectivity index (χ3n) is 4.66. The molecular formula is C24H22ClN3O4S2. The lowest BCUT2D eigenvalue weighted by atomic mass is 10.2. The molecule has 0 fully saturated rings. The van der Waals surface area contributed by atoms with Crippen LogP contribution in [0.25, 0.3) is 11.3 Å².